The average molecular weight is 305 g/mol. The zero-order chi connectivity index (χ0) is 14.9. The minimum Gasteiger partial charge on any atom is -0.276 e. The lowest BCUT2D eigenvalue weighted by atomic mass is 10.1. The summed E-state index contributed by atoms with van der Waals surface area (Å²) in [7, 11) is 0. The number of benzene rings is 3. The fraction of sp³-hybridized carbons (Fsp3) is 0. The summed E-state index contributed by atoms with van der Waals surface area (Å²) in [6.07, 6.45) is 0. The molecule has 0 saturated heterocycles. The van der Waals surface area contributed by atoms with E-state index in [9.17, 15) is 0 Å². The molecule has 22 heavy (non-hydrogen) atoms. The molecule has 0 radical (unpaired) electrons. The van der Waals surface area contributed by atoms with Gasteiger partial charge in [-0.2, -0.15) is 5.10 Å². The number of rotatable bonds is 2. The zero-order valence-corrected chi connectivity index (χ0v) is 12.5. The Morgan fingerprint density at radius 1 is 0.636 bits per heavy atom. The van der Waals surface area contributed by atoms with Crippen molar-refractivity contribution in [3.63, 3.8) is 0 Å². The summed E-state index contributed by atoms with van der Waals surface area (Å²) in [5.74, 6) is 0. The quantitative estimate of drug-likeness (QED) is 0.507. The van der Waals surface area contributed by atoms with Gasteiger partial charge in [-0.15, -0.1) is 0 Å². The molecule has 0 spiro atoms. The summed E-state index contributed by atoms with van der Waals surface area (Å²) in [6, 6.07) is 24.3. The molecule has 0 aliphatic heterocycles. The molecule has 1 aliphatic carbocycles. The van der Waals surface area contributed by atoms with Crippen molar-refractivity contribution < 1.29 is 0 Å². The first-order valence-electron chi connectivity index (χ1n) is 7.12. The van der Waals surface area contributed by atoms with E-state index in [1.165, 1.54) is 11.1 Å². The predicted molar refractivity (Wildman–Crippen MR) is 92.6 cm³/mol. The van der Waals surface area contributed by atoms with Gasteiger partial charge in [0.1, 0.15) is 0 Å². The first-order chi connectivity index (χ1) is 10.8. The van der Waals surface area contributed by atoms with Crippen molar-refractivity contribution in [2.75, 3.05) is 5.43 Å². The summed E-state index contributed by atoms with van der Waals surface area (Å²) < 4.78 is 0. The molecule has 1 N–H and O–H groups in total. The van der Waals surface area contributed by atoms with Crippen molar-refractivity contribution in [3.8, 4) is 11.1 Å². The van der Waals surface area contributed by atoms with Crippen LogP contribution in [-0.4, -0.2) is 5.71 Å². The Hall–Kier alpha value is -2.58. The molecule has 0 unspecified atom stereocenters. The molecule has 0 bridgehead atoms. The van der Waals surface area contributed by atoms with Gasteiger partial charge in [-0.1, -0.05) is 72.3 Å². The molecule has 3 aromatic carbocycles. The second-order valence-corrected chi connectivity index (χ2v) is 5.55. The van der Waals surface area contributed by atoms with E-state index < -0.39 is 0 Å². The Morgan fingerprint density at radius 3 is 1.73 bits per heavy atom. The lowest BCUT2D eigenvalue weighted by Gasteiger charge is -2.05. The van der Waals surface area contributed by atoms with Crippen LogP contribution in [0.25, 0.3) is 11.1 Å². The topological polar surface area (TPSA) is 24.4 Å². The number of anilines is 1. The van der Waals surface area contributed by atoms with Crippen LogP contribution in [0.3, 0.4) is 0 Å². The molecule has 4 rings (SSSR count). The molecule has 3 heteroatoms. The number of para-hydroxylation sites is 1. The fourth-order valence-electron chi connectivity index (χ4n) is 2.78. The van der Waals surface area contributed by atoms with Crippen LogP contribution in [0, 0.1) is 0 Å². The number of halogens is 1. The van der Waals surface area contributed by atoms with Crippen LogP contribution in [0.15, 0.2) is 77.9 Å². The molecule has 0 aromatic heterocycles. The maximum Gasteiger partial charge on any atom is 0.0990 e. The summed E-state index contributed by atoms with van der Waals surface area (Å²) in [5.41, 5.74) is 9.57. The Labute approximate surface area is 134 Å². The second kappa shape index (κ2) is 5.32. The molecule has 0 saturated carbocycles. The summed E-state index contributed by atoms with van der Waals surface area (Å²) >= 11 is 6.18. The molecular formula is C19H13ClN2. The van der Waals surface area contributed by atoms with E-state index in [-0.39, 0.29) is 0 Å². The third-order valence-electron chi connectivity index (χ3n) is 3.82. The van der Waals surface area contributed by atoms with E-state index in [4.69, 9.17) is 11.6 Å². The fourth-order valence-corrected chi connectivity index (χ4v) is 2.96. The normalized spacial score (nSPS) is 11.8. The third-order valence-corrected chi connectivity index (χ3v) is 4.15. The van der Waals surface area contributed by atoms with Gasteiger partial charge in [-0.3, -0.25) is 5.43 Å². The molecule has 3 aromatic rings. The van der Waals surface area contributed by atoms with Crippen LogP contribution in [0.4, 0.5) is 5.69 Å². The standard InChI is InChI=1S/C19H13ClN2/c20-17-11-5-6-12-18(17)21-22-19-15-9-3-1-7-13(15)14-8-2-4-10-16(14)19/h1-12,21H. The largest absolute Gasteiger partial charge is 0.276 e. The minimum atomic E-state index is 0.659. The van der Waals surface area contributed by atoms with Crippen molar-refractivity contribution in [2.45, 2.75) is 0 Å². The van der Waals surface area contributed by atoms with Crippen molar-refractivity contribution in [3.05, 3.63) is 88.9 Å². The van der Waals surface area contributed by atoms with Gasteiger partial charge in [0.25, 0.3) is 0 Å². The van der Waals surface area contributed by atoms with Gasteiger partial charge in [-0.25, -0.2) is 0 Å². The van der Waals surface area contributed by atoms with Gasteiger partial charge in [-0.05, 0) is 23.3 Å². The van der Waals surface area contributed by atoms with Gasteiger partial charge in [0.2, 0.25) is 0 Å². The first-order valence-corrected chi connectivity index (χ1v) is 7.50. The van der Waals surface area contributed by atoms with Crippen molar-refractivity contribution >= 4 is 23.0 Å². The van der Waals surface area contributed by atoms with Gasteiger partial charge in [0.15, 0.2) is 0 Å². The van der Waals surface area contributed by atoms with Gasteiger partial charge in [0, 0.05) is 11.1 Å². The predicted octanol–water partition coefficient (Wildman–Crippen LogP) is 5.18. The molecule has 0 heterocycles. The molecular weight excluding hydrogens is 292 g/mol. The molecule has 1 aliphatic rings. The van der Waals surface area contributed by atoms with Crippen molar-refractivity contribution in [2.24, 2.45) is 5.10 Å². The van der Waals surface area contributed by atoms with Gasteiger partial charge < -0.3 is 0 Å². The van der Waals surface area contributed by atoms with Crippen LogP contribution in [0.5, 0.6) is 0 Å². The van der Waals surface area contributed by atoms with E-state index in [1.54, 1.807) is 0 Å². The van der Waals surface area contributed by atoms with E-state index in [0.29, 0.717) is 5.02 Å². The van der Waals surface area contributed by atoms with E-state index in [1.807, 2.05) is 36.4 Å². The van der Waals surface area contributed by atoms with Gasteiger partial charge in [0.05, 0.1) is 16.4 Å². The van der Waals surface area contributed by atoms with E-state index >= 15 is 0 Å². The highest BCUT2D eigenvalue weighted by Crippen LogP contribution is 2.36. The Bertz CT molecular complexity index is 836. The van der Waals surface area contributed by atoms with Crippen LogP contribution in [0.1, 0.15) is 11.1 Å². The molecule has 2 nitrogen and oxygen atoms in total. The number of hydrogen-bond donors (Lipinski definition) is 1. The van der Waals surface area contributed by atoms with E-state index in [2.05, 4.69) is 46.9 Å². The monoisotopic (exact) mass is 304 g/mol. The highest BCUT2D eigenvalue weighted by molar-refractivity contribution is 6.33. The van der Waals surface area contributed by atoms with E-state index in [0.717, 1.165) is 22.5 Å². The Kier molecular flexibility index (Phi) is 3.17. The first kappa shape index (κ1) is 13.1. The average Bonchev–Trinajstić information content (AvgIpc) is 2.89. The maximum atomic E-state index is 6.18. The van der Waals surface area contributed by atoms with Crippen LogP contribution in [-0.2, 0) is 0 Å². The van der Waals surface area contributed by atoms with Crippen LogP contribution < -0.4 is 5.43 Å². The summed E-state index contributed by atoms with van der Waals surface area (Å²) in [4.78, 5) is 0. The lowest BCUT2D eigenvalue weighted by molar-refractivity contribution is 1.33. The Balaban J connectivity index is 1.82. The Morgan fingerprint density at radius 2 is 1.14 bits per heavy atom. The second-order valence-electron chi connectivity index (χ2n) is 5.14. The zero-order valence-electron chi connectivity index (χ0n) is 11.8. The highest BCUT2D eigenvalue weighted by Gasteiger charge is 2.23. The van der Waals surface area contributed by atoms with Crippen molar-refractivity contribution in [1.29, 1.82) is 0 Å². The molecule has 0 atom stereocenters. The summed E-state index contributed by atoms with van der Waals surface area (Å²) in [6.45, 7) is 0. The number of nitrogens with zero attached hydrogens (tertiary/aromatic N) is 1. The number of hydrazone groups is 1. The van der Waals surface area contributed by atoms with Crippen LogP contribution >= 0.6 is 11.6 Å². The number of hydrogen-bond acceptors (Lipinski definition) is 2. The van der Waals surface area contributed by atoms with Gasteiger partial charge >= 0.3 is 0 Å². The van der Waals surface area contributed by atoms with Crippen molar-refractivity contribution in [1.82, 2.24) is 0 Å². The SMILES string of the molecule is Clc1ccccc1NN=C1c2ccccc2-c2ccccc21. The lowest BCUT2D eigenvalue weighted by Crippen LogP contribution is -2.02. The highest BCUT2D eigenvalue weighted by atomic mass is 35.5. The van der Waals surface area contributed by atoms with Crippen LogP contribution in [0.2, 0.25) is 5.02 Å². The molecule has 0 fully saturated rings. The smallest absolute Gasteiger partial charge is 0.0990 e. The number of nitrogens with one attached hydrogen (secondary N) is 1. The molecule has 0 amide bonds. The maximum absolute atomic E-state index is 6.18. The minimum absolute atomic E-state index is 0.659. The molecule has 106 valence electrons. The summed E-state index contributed by atoms with van der Waals surface area (Å²) in [5, 5.41) is 5.28. The third kappa shape index (κ3) is 2.09. The number of fused-ring (bicyclic) bond motifs is 3.